The molecule has 0 spiro atoms. The summed E-state index contributed by atoms with van der Waals surface area (Å²) in [7, 11) is 0. The predicted octanol–water partition coefficient (Wildman–Crippen LogP) is 2.37. The summed E-state index contributed by atoms with van der Waals surface area (Å²) in [5.41, 5.74) is 0.945. The van der Waals surface area contributed by atoms with E-state index in [-0.39, 0.29) is 0 Å². The van der Waals surface area contributed by atoms with Crippen LogP contribution in [0, 0.1) is 5.92 Å². The van der Waals surface area contributed by atoms with E-state index in [1.807, 2.05) is 6.21 Å². The fourth-order valence-corrected chi connectivity index (χ4v) is 1.06. The zero-order valence-electron chi connectivity index (χ0n) is 8.88. The highest BCUT2D eigenvalue weighted by molar-refractivity contribution is 5.61. The van der Waals surface area contributed by atoms with Crippen LogP contribution in [0.5, 0.6) is 0 Å². The van der Waals surface area contributed by atoms with Gasteiger partial charge in [-0.1, -0.05) is 20.4 Å². The normalized spacial score (nSPS) is 19.7. The Morgan fingerprint density at radius 1 is 1.46 bits per heavy atom. The molecule has 2 nitrogen and oxygen atoms in total. The van der Waals surface area contributed by atoms with Gasteiger partial charge in [0.15, 0.2) is 0 Å². The van der Waals surface area contributed by atoms with Crippen molar-refractivity contribution in [3.63, 3.8) is 0 Å². The molecule has 1 aliphatic rings. The van der Waals surface area contributed by atoms with Crippen molar-refractivity contribution in [2.75, 3.05) is 0 Å². The average Bonchev–Trinajstić information content (AvgIpc) is 2.83. The van der Waals surface area contributed by atoms with E-state index in [0.29, 0.717) is 12.0 Å². The lowest BCUT2D eigenvalue weighted by Crippen LogP contribution is -2.28. The monoisotopic (exact) mass is 180 g/mol. The molecular weight excluding hydrogens is 160 g/mol. The van der Waals surface area contributed by atoms with E-state index in [2.05, 4.69) is 37.7 Å². The van der Waals surface area contributed by atoms with E-state index in [4.69, 9.17) is 0 Å². The van der Waals surface area contributed by atoms with E-state index < -0.39 is 0 Å². The van der Waals surface area contributed by atoms with Crippen LogP contribution in [0.15, 0.2) is 17.3 Å². The molecule has 0 aromatic carbocycles. The molecule has 0 aromatic heterocycles. The van der Waals surface area contributed by atoms with Gasteiger partial charge in [-0.2, -0.15) is 0 Å². The predicted molar refractivity (Wildman–Crippen MR) is 58.1 cm³/mol. The van der Waals surface area contributed by atoms with Crippen molar-refractivity contribution in [2.45, 2.75) is 45.7 Å². The minimum absolute atomic E-state index is 0.322. The third-order valence-electron chi connectivity index (χ3n) is 2.10. The molecule has 0 aliphatic heterocycles. The second kappa shape index (κ2) is 4.56. The lowest BCUT2D eigenvalue weighted by atomic mass is 10.2. The highest BCUT2D eigenvalue weighted by atomic mass is 15.0. The first-order chi connectivity index (χ1) is 6.09. The van der Waals surface area contributed by atoms with Gasteiger partial charge in [-0.25, -0.2) is 0 Å². The second-order valence-corrected chi connectivity index (χ2v) is 4.18. The standard InChI is InChI=1S/C11H20N2/c1-8(2)7-12-9(3)10(4)13-11-5-6-11/h7-8,10-11,13H,3,5-6H2,1-2,4H3/b12-7+. The summed E-state index contributed by atoms with van der Waals surface area (Å²) in [6, 6.07) is 1.04. The maximum absolute atomic E-state index is 4.32. The summed E-state index contributed by atoms with van der Waals surface area (Å²) in [4.78, 5) is 4.32. The van der Waals surface area contributed by atoms with Gasteiger partial charge in [-0.05, 0) is 25.7 Å². The Hall–Kier alpha value is -0.630. The van der Waals surface area contributed by atoms with Crippen molar-refractivity contribution in [1.29, 1.82) is 0 Å². The Morgan fingerprint density at radius 2 is 2.08 bits per heavy atom. The van der Waals surface area contributed by atoms with Crippen LogP contribution in [0.2, 0.25) is 0 Å². The minimum atomic E-state index is 0.322. The van der Waals surface area contributed by atoms with Crippen LogP contribution in [0.4, 0.5) is 0 Å². The van der Waals surface area contributed by atoms with E-state index >= 15 is 0 Å². The highest BCUT2D eigenvalue weighted by Gasteiger charge is 2.23. The molecule has 0 bridgehead atoms. The summed E-state index contributed by atoms with van der Waals surface area (Å²) in [5, 5.41) is 3.46. The maximum Gasteiger partial charge on any atom is 0.0495 e. The molecule has 74 valence electrons. The Bertz CT molecular complexity index is 202. The molecule has 0 saturated heterocycles. The van der Waals surface area contributed by atoms with Crippen LogP contribution in [-0.2, 0) is 0 Å². The number of hydrogen-bond acceptors (Lipinski definition) is 2. The molecule has 0 heterocycles. The van der Waals surface area contributed by atoms with Gasteiger partial charge in [0.25, 0.3) is 0 Å². The SMILES string of the molecule is C=C(/N=C/C(C)C)C(C)NC1CC1. The number of nitrogens with one attached hydrogen (secondary N) is 1. The molecule has 13 heavy (non-hydrogen) atoms. The van der Waals surface area contributed by atoms with Crippen molar-refractivity contribution >= 4 is 6.21 Å². The van der Waals surface area contributed by atoms with Crippen molar-refractivity contribution in [1.82, 2.24) is 5.32 Å². The van der Waals surface area contributed by atoms with Crippen molar-refractivity contribution in [2.24, 2.45) is 10.9 Å². The zero-order chi connectivity index (χ0) is 9.84. The molecule has 0 radical (unpaired) electrons. The molecule has 1 aliphatic carbocycles. The van der Waals surface area contributed by atoms with Gasteiger partial charge in [0.2, 0.25) is 0 Å². The average molecular weight is 180 g/mol. The first-order valence-corrected chi connectivity index (χ1v) is 5.08. The van der Waals surface area contributed by atoms with E-state index in [1.165, 1.54) is 12.8 Å². The Kier molecular flexibility index (Phi) is 3.67. The first kappa shape index (κ1) is 10.5. The van der Waals surface area contributed by atoms with Gasteiger partial charge in [0, 0.05) is 24.0 Å². The summed E-state index contributed by atoms with van der Waals surface area (Å²) >= 11 is 0. The molecule has 1 unspecified atom stereocenters. The molecular formula is C11H20N2. The molecule has 1 atom stereocenters. The summed E-state index contributed by atoms with van der Waals surface area (Å²) < 4.78 is 0. The van der Waals surface area contributed by atoms with Crippen molar-refractivity contribution in [3.8, 4) is 0 Å². The van der Waals surface area contributed by atoms with Crippen LogP contribution >= 0.6 is 0 Å². The number of nitrogens with zero attached hydrogens (tertiary/aromatic N) is 1. The molecule has 1 rings (SSSR count). The van der Waals surface area contributed by atoms with Crippen molar-refractivity contribution < 1.29 is 0 Å². The second-order valence-electron chi connectivity index (χ2n) is 4.18. The summed E-state index contributed by atoms with van der Waals surface area (Å²) in [6.45, 7) is 10.3. The van der Waals surface area contributed by atoms with Crippen LogP contribution in [-0.4, -0.2) is 18.3 Å². The third kappa shape index (κ3) is 4.23. The quantitative estimate of drug-likeness (QED) is 0.645. The molecule has 0 amide bonds. The van der Waals surface area contributed by atoms with Gasteiger partial charge in [0.05, 0.1) is 0 Å². The molecule has 0 aromatic rings. The van der Waals surface area contributed by atoms with Gasteiger partial charge >= 0.3 is 0 Å². The van der Waals surface area contributed by atoms with Crippen LogP contribution in [0.3, 0.4) is 0 Å². The molecule has 1 N–H and O–H groups in total. The topological polar surface area (TPSA) is 24.4 Å². The number of rotatable bonds is 5. The Morgan fingerprint density at radius 3 is 2.54 bits per heavy atom. The van der Waals surface area contributed by atoms with E-state index in [1.54, 1.807) is 0 Å². The van der Waals surface area contributed by atoms with Gasteiger partial charge < -0.3 is 5.32 Å². The maximum atomic E-state index is 4.32. The van der Waals surface area contributed by atoms with Gasteiger partial charge in [-0.15, -0.1) is 0 Å². The minimum Gasteiger partial charge on any atom is -0.306 e. The van der Waals surface area contributed by atoms with Crippen LogP contribution < -0.4 is 5.32 Å². The first-order valence-electron chi connectivity index (χ1n) is 5.08. The smallest absolute Gasteiger partial charge is 0.0495 e. The molecule has 1 saturated carbocycles. The number of aliphatic imine (C=N–C) groups is 1. The largest absolute Gasteiger partial charge is 0.306 e. The number of hydrogen-bond donors (Lipinski definition) is 1. The fraction of sp³-hybridized carbons (Fsp3) is 0.727. The molecule has 2 heteroatoms. The Labute approximate surface area is 81.1 Å². The van der Waals surface area contributed by atoms with Crippen molar-refractivity contribution in [3.05, 3.63) is 12.3 Å². The van der Waals surface area contributed by atoms with Gasteiger partial charge in [-0.3, -0.25) is 4.99 Å². The summed E-state index contributed by atoms with van der Waals surface area (Å²) in [6.07, 6.45) is 4.57. The summed E-state index contributed by atoms with van der Waals surface area (Å²) in [5.74, 6) is 0.505. The van der Waals surface area contributed by atoms with E-state index in [9.17, 15) is 0 Å². The fourth-order valence-electron chi connectivity index (χ4n) is 1.06. The lowest BCUT2D eigenvalue weighted by molar-refractivity contribution is 0.602. The third-order valence-corrected chi connectivity index (χ3v) is 2.10. The van der Waals surface area contributed by atoms with Crippen LogP contribution in [0.25, 0.3) is 0 Å². The van der Waals surface area contributed by atoms with Crippen LogP contribution in [0.1, 0.15) is 33.6 Å². The van der Waals surface area contributed by atoms with E-state index in [0.717, 1.165) is 11.7 Å². The zero-order valence-corrected chi connectivity index (χ0v) is 8.88. The lowest BCUT2D eigenvalue weighted by Gasteiger charge is -2.12. The Balaban J connectivity index is 2.28. The van der Waals surface area contributed by atoms with Gasteiger partial charge in [0.1, 0.15) is 0 Å². The molecule has 1 fully saturated rings. The highest BCUT2D eigenvalue weighted by Crippen LogP contribution is 2.20.